The fourth-order valence-corrected chi connectivity index (χ4v) is 3.73. The highest BCUT2D eigenvalue weighted by molar-refractivity contribution is 5.97. The summed E-state index contributed by atoms with van der Waals surface area (Å²) in [6, 6.07) is 15.4. The number of rotatable bonds is 6. The first-order valence-corrected chi connectivity index (χ1v) is 10.3. The van der Waals surface area contributed by atoms with Crippen molar-refractivity contribution in [2.45, 2.75) is 33.5 Å². The van der Waals surface area contributed by atoms with Crippen LogP contribution in [0.3, 0.4) is 0 Å². The van der Waals surface area contributed by atoms with Crippen molar-refractivity contribution in [3.8, 4) is 0 Å². The molecule has 1 amide bonds. The monoisotopic (exact) mass is 415 g/mol. The molecule has 0 aliphatic heterocycles. The molecule has 7 nitrogen and oxygen atoms in total. The number of carbonyl (C=O) groups excluding carboxylic acids is 1. The van der Waals surface area contributed by atoms with Gasteiger partial charge in [0, 0.05) is 37.5 Å². The van der Waals surface area contributed by atoms with Crippen molar-refractivity contribution in [2.24, 2.45) is 0 Å². The third-order valence-corrected chi connectivity index (χ3v) is 5.31. The van der Waals surface area contributed by atoms with Gasteiger partial charge in [-0.1, -0.05) is 30.3 Å². The second-order valence-corrected chi connectivity index (χ2v) is 7.64. The molecule has 0 spiro atoms. The Kier molecular flexibility index (Phi) is 5.66. The van der Waals surface area contributed by atoms with Crippen molar-refractivity contribution in [3.05, 3.63) is 93.7 Å². The molecule has 7 heteroatoms. The largest absolute Gasteiger partial charge is 0.337 e. The van der Waals surface area contributed by atoms with E-state index in [2.05, 4.69) is 22.2 Å². The lowest BCUT2D eigenvalue weighted by Crippen LogP contribution is -2.27. The van der Waals surface area contributed by atoms with Gasteiger partial charge in [0.15, 0.2) is 0 Å². The molecule has 0 bridgehead atoms. The minimum Gasteiger partial charge on any atom is -0.337 e. The van der Waals surface area contributed by atoms with Gasteiger partial charge in [-0.15, -0.1) is 0 Å². The third kappa shape index (κ3) is 4.26. The van der Waals surface area contributed by atoms with Crippen LogP contribution in [0.25, 0.3) is 11.0 Å². The van der Waals surface area contributed by atoms with Crippen LogP contribution in [-0.4, -0.2) is 37.2 Å². The molecule has 2 aromatic carbocycles. The van der Waals surface area contributed by atoms with E-state index in [1.54, 1.807) is 47.8 Å². The maximum absolute atomic E-state index is 13.0. The summed E-state index contributed by atoms with van der Waals surface area (Å²) in [5.41, 5.74) is 4.39. The van der Waals surface area contributed by atoms with E-state index >= 15 is 0 Å². The van der Waals surface area contributed by atoms with E-state index in [0.29, 0.717) is 36.4 Å². The summed E-state index contributed by atoms with van der Waals surface area (Å²) in [4.78, 5) is 31.3. The minimum absolute atomic E-state index is 0.0984. The number of aromatic nitrogens is 4. The van der Waals surface area contributed by atoms with Gasteiger partial charge in [0.2, 0.25) is 0 Å². The van der Waals surface area contributed by atoms with Crippen LogP contribution in [0, 0.1) is 6.92 Å². The number of hydrogen-bond acceptors (Lipinski definition) is 4. The zero-order valence-electron chi connectivity index (χ0n) is 17.9. The third-order valence-electron chi connectivity index (χ3n) is 5.31. The zero-order chi connectivity index (χ0) is 22.0. The van der Waals surface area contributed by atoms with E-state index in [-0.39, 0.29) is 11.5 Å². The van der Waals surface area contributed by atoms with Crippen LogP contribution in [0.4, 0.5) is 0 Å². The summed E-state index contributed by atoms with van der Waals surface area (Å²) < 4.78 is 3.55. The Hall–Kier alpha value is -3.74. The molecule has 4 rings (SSSR count). The molecule has 0 radical (unpaired) electrons. The van der Waals surface area contributed by atoms with E-state index in [9.17, 15) is 9.59 Å². The lowest BCUT2D eigenvalue weighted by molar-refractivity contribution is 0.0785. The molecule has 0 fully saturated rings. The van der Waals surface area contributed by atoms with Gasteiger partial charge >= 0.3 is 0 Å². The lowest BCUT2D eigenvalue weighted by atomic mass is 10.1. The molecule has 31 heavy (non-hydrogen) atoms. The average Bonchev–Trinajstić information content (AvgIpc) is 3.21. The van der Waals surface area contributed by atoms with E-state index in [1.165, 1.54) is 5.56 Å². The molecule has 0 aliphatic rings. The number of hydrogen-bond donors (Lipinski definition) is 0. The normalized spacial score (nSPS) is 11.1. The van der Waals surface area contributed by atoms with Gasteiger partial charge in [0.25, 0.3) is 11.5 Å². The van der Waals surface area contributed by atoms with Crippen LogP contribution in [0.5, 0.6) is 0 Å². The van der Waals surface area contributed by atoms with Gasteiger partial charge < -0.3 is 9.47 Å². The smallest absolute Gasteiger partial charge is 0.272 e. The summed E-state index contributed by atoms with van der Waals surface area (Å²) >= 11 is 0. The SMILES string of the molecule is CCn1c(=O)c(C)nc2cc(C(=O)N(C)Cc3cnn(Cc4ccccc4)c3)ccc21. The number of amides is 1. The number of carbonyl (C=O) groups is 1. The highest BCUT2D eigenvalue weighted by Crippen LogP contribution is 2.16. The number of benzene rings is 2. The minimum atomic E-state index is -0.105. The molecule has 0 aliphatic carbocycles. The van der Waals surface area contributed by atoms with Gasteiger partial charge in [-0.3, -0.25) is 14.3 Å². The van der Waals surface area contributed by atoms with Crippen molar-refractivity contribution < 1.29 is 4.79 Å². The van der Waals surface area contributed by atoms with Crippen LogP contribution in [0.1, 0.15) is 34.1 Å². The highest BCUT2D eigenvalue weighted by Gasteiger charge is 2.15. The van der Waals surface area contributed by atoms with Crippen LogP contribution in [0.2, 0.25) is 0 Å². The molecule has 158 valence electrons. The predicted octanol–water partition coefficient (Wildman–Crippen LogP) is 3.24. The maximum atomic E-state index is 13.0. The van der Waals surface area contributed by atoms with Crippen molar-refractivity contribution >= 4 is 16.9 Å². The van der Waals surface area contributed by atoms with Crippen LogP contribution in [0.15, 0.2) is 65.7 Å². The fourth-order valence-electron chi connectivity index (χ4n) is 3.73. The second-order valence-electron chi connectivity index (χ2n) is 7.64. The van der Waals surface area contributed by atoms with Gasteiger partial charge in [0.1, 0.15) is 5.69 Å². The summed E-state index contributed by atoms with van der Waals surface area (Å²) in [6.07, 6.45) is 3.75. The quantitative estimate of drug-likeness (QED) is 0.485. The van der Waals surface area contributed by atoms with Gasteiger partial charge in [0.05, 0.1) is 23.8 Å². The first-order valence-electron chi connectivity index (χ1n) is 10.3. The Morgan fingerprint density at radius 3 is 2.61 bits per heavy atom. The molecular formula is C24H25N5O2. The molecule has 0 atom stereocenters. The highest BCUT2D eigenvalue weighted by atomic mass is 16.2. The molecule has 0 saturated carbocycles. The van der Waals surface area contributed by atoms with E-state index in [0.717, 1.165) is 11.1 Å². The van der Waals surface area contributed by atoms with E-state index < -0.39 is 0 Å². The molecule has 2 heterocycles. The Morgan fingerprint density at radius 2 is 1.87 bits per heavy atom. The van der Waals surface area contributed by atoms with Crippen LogP contribution < -0.4 is 5.56 Å². The van der Waals surface area contributed by atoms with Crippen molar-refractivity contribution in [1.82, 2.24) is 24.2 Å². The number of aryl methyl sites for hydroxylation is 2. The Bertz CT molecular complexity index is 1290. The van der Waals surface area contributed by atoms with Crippen molar-refractivity contribution in [1.29, 1.82) is 0 Å². The summed E-state index contributed by atoms with van der Waals surface area (Å²) in [5, 5.41) is 4.41. The van der Waals surface area contributed by atoms with Gasteiger partial charge in [-0.2, -0.15) is 5.10 Å². The lowest BCUT2D eigenvalue weighted by Gasteiger charge is -2.17. The topological polar surface area (TPSA) is 73.0 Å². The first kappa shape index (κ1) is 20.5. The molecule has 0 unspecified atom stereocenters. The molecular weight excluding hydrogens is 390 g/mol. The summed E-state index contributed by atoms with van der Waals surface area (Å²) in [6.45, 7) is 5.31. The van der Waals surface area contributed by atoms with E-state index in [1.807, 2.05) is 36.0 Å². The summed E-state index contributed by atoms with van der Waals surface area (Å²) in [7, 11) is 1.77. The summed E-state index contributed by atoms with van der Waals surface area (Å²) in [5.74, 6) is -0.105. The zero-order valence-corrected chi connectivity index (χ0v) is 17.9. The second kappa shape index (κ2) is 8.55. The Balaban J connectivity index is 1.51. The Labute approximate surface area is 180 Å². The standard InChI is InChI=1S/C24H25N5O2/c1-4-29-22-11-10-20(12-21(22)26-17(2)23(29)30)24(31)27(3)14-19-13-25-28(16-19)15-18-8-6-5-7-9-18/h5-13,16H,4,14-15H2,1-3H3. The van der Waals surface area contributed by atoms with E-state index in [4.69, 9.17) is 0 Å². The fraction of sp³-hybridized carbons (Fsp3) is 0.250. The molecule has 0 N–H and O–H groups in total. The molecule has 0 saturated heterocycles. The van der Waals surface area contributed by atoms with Gasteiger partial charge in [-0.25, -0.2) is 4.98 Å². The predicted molar refractivity (Wildman–Crippen MR) is 120 cm³/mol. The number of nitrogens with zero attached hydrogens (tertiary/aromatic N) is 5. The van der Waals surface area contributed by atoms with Crippen LogP contribution in [-0.2, 0) is 19.6 Å². The molecule has 2 aromatic heterocycles. The number of fused-ring (bicyclic) bond motifs is 1. The molecule has 4 aromatic rings. The maximum Gasteiger partial charge on any atom is 0.272 e. The van der Waals surface area contributed by atoms with Crippen LogP contribution >= 0.6 is 0 Å². The van der Waals surface area contributed by atoms with Gasteiger partial charge in [-0.05, 0) is 37.6 Å². The average molecular weight is 415 g/mol. The van der Waals surface area contributed by atoms with Crippen molar-refractivity contribution in [2.75, 3.05) is 7.05 Å². The Morgan fingerprint density at radius 1 is 1.10 bits per heavy atom. The first-order chi connectivity index (χ1) is 15.0. The van der Waals surface area contributed by atoms with Crippen molar-refractivity contribution in [3.63, 3.8) is 0 Å².